The fraction of sp³-hybridized carbons (Fsp3) is 0.526. The number of oxazole rings is 1. The number of nitrogens with one attached hydrogen (secondary N) is 2. The van der Waals surface area contributed by atoms with Crippen LogP contribution in [-0.2, 0) is 18.6 Å². The Morgan fingerprint density at radius 2 is 1.67 bits per heavy atom. The number of fused-ring (bicyclic) bond motifs is 1. The average Bonchev–Trinajstić information content (AvgIpc) is 3.55. The molecule has 1 aliphatic rings. The number of aromatic hydroxyl groups is 1. The molecule has 0 spiro atoms. The number of rotatable bonds is 18. The van der Waals surface area contributed by atoms with E-state index in [-0.39, 0.29) is 17.2 Å². The third kappa shape index (κ3) is 8.87. The van der Waals surface area contributed by atoms with Crippen LogP contribution in [0.25, 0.3) is 10.9 Å². The van der Waals surface area contributed by atoms with Crippen molar-refractivity contribution in [2.75, 3.05) is 26.7 Å². The number of phenols is 1. The Labute approximate surface area is 273 Å². The molecule has 2 aromatic heterocycles. The van der Waals surface area contributed by atoms with Gasteiger partial charge in [0.2, 0.25) is 11.4 Å². The second-order valence-electron chi connectivity index (χ2n) is 13.2. The van der Waals surface area contributed by atoms with Crippen LogP contribution < -0.4 is 10.9 Å². The third-order valence-corrected chi connectivity index (χ3v) is 9.64. The summed E-state index contributed by atoms with van der Waals surface area (Å²) in [6.07, 6.45) is 16.7. The Hall–Kier alpha value is -3.46. The molecule has 0 saturated heterocycles. The van der Waals surface area contributed by atoms with Crippen LogP contribution in [0.2, 0.25) is 0 Å². The van der Waals surface area contributed by atoms with Gasteiger partial charge in [0.25, 0.3) is 0 Å². The molecular formula is C38H52N4O4. The van der Waals surface area contributed by atoms with E-state index in [1.54, 1.807) is 18.3 Å². The van der Waals surface area contributed by atoms with Crippen molar-refractivity contribution in [1.82, 2.24) is 20.2 Å². The van der Waals surface area contributed by atoms with Gasteiger partial charge in [-0.15, -0.1) is 0 Å². The van der Waals surface area contributed by atoms with Crippen molar-refractivity contribution >= 4 is 10.9 Å². The fourth-order valence-corrected chi connectivity index (χ4v) is 7.03. The van der Waals surface area contributed by atoms with E-state index in [1.165, 1.54) is 51.0 Å². The minimum atomic E-state index is -1.18. The Bertz CT molecular complexity index is 1550. The Morgan fingerprint density at radius 1 is 0.935 bits per heavy atom. The molecule has 0 bridgehead atoms. The first kappa shape index (κ1) is 33.9. The normalized spacial score (nSPS) is 15.5. The monoisotopic (exact) mass is 628 g/mol. The predicted molar refractivity (Wildman–Crippen MR) is 184 cm³/mol. The van der Waals surface area contributed by atoms with E-state index in [1.807, 2.05) is 36.4 Å². The van der Waals surface area contributed by atoms with Gasteiger partial charge >= 0.3 is 0 Å². The number of aromatic amines is 1. The van der Waals surface area contributed by atoms with Gasteiger partial charge in [-0.25, -0.2) is 4.98 Å². The number of benzene rings is 2. The second-order valence-corrected chi connectivity index (χ2v) is 13.2. The summed E-state index contributed by atoms with van der Waals surface area (Å²) in [6.45, 7) is 3.58. The smallest absolute Gasteiger partial charge is 0.248 e. The number of unbranched alkanes of at least 4 members (excludes halogenated alkanes) is 6. The largest absolute Gasteiger partial charge is 0.506 e. The van der Waals surface area contributed by atoms with Crippen molar-refractivity contribution in [2.24, 2.45) is 5.92 Å². The summed E-state index contributed by atoms with van der Waals surface area (Å²) < 4.78 is 6.25. The summed E-state index contributed by atoms with van der Waals surface area (Å²) in [5.74, 6) is 1.48. The van der Waals surface area contributed by atoms with Gasteiger partial charge in [-0.2, -0.15) is 0 Å². The van der Waals surface area contributed by atoms with Gasteiger partial charge in [0.15, 0.2) is 5.60 Å². The summed E-state index contributed by atoms with van der Waals surface area (Å²) in [4.78, 5) is 21.2. The molecule has 4 N–H and O–H groups in total. The van der Waals surface area contributed by atoms with Gasteiger partial charge in [0, 0.05) is 17.4 Å². The van der Waals surface area contributed by atoms with Crippen LogP contribution in [0.4, 0.5) is 0 Å². The van der Waals surface area contributed by atoms with Gasteiger partial charge in [0.1, 0.15) is 11.5 Å². The Kier molecular flexibility index (Phi) is 12.5. The number of hydrogen-bond donors (Lipinski definition) is 4. The van der Waals surface area contributed by atoms with Crippen molar-refractivity contribution in [3.05, 3.63) is 93.9 Å². The Balaban J connectivity index is 0.936. The topological polar surface area (TPSA) is 115 Å². The number of hydrogen-bond acceptors (Lipinski definition) is 7. The highest BCUT2D eigenvalue weighted by Crippen LogP contribution is 2.43. The summed E-state index contributed by atoms with van der Waals surface area (Å²) in [6, 6.07) is 16.8. The zero-order chi connectivity index (χ0) is 32.2. The van der Waals surface area contributed by atoms with Crippen LogP contribution >= 0.6 is 0 Å². The molecule has 0 aliphatic heterocycles. The van der Waals surface area contributed by atoms with Gasteiger partial charge in [-0.1, -0.05) is 87.8 Å². The van der Waals surface area contributed by atoms with Crippen LogP contribution in [0.15, 0.2) is 70.0 Å². The maximum absolute atomic E-state index is 12.0. The molecule has 2 heterocycles. The average molecular weight is 629 g/mol. The first-order chi connectivity index (χ1) is 22.4. The minimum Gasteiger partial charge on any atom is -0.506 e. The molecule has 1 aliphatic carbocycles. The highest BCUT2D eigenvalue weighted by molar-refractivity contribution is 5.87. The Morgan fingerprint density at radius 3 is 2.46 bits per heavy atom. The van der Waals surface area contributed by atoms with Crippen molar-refractivity contribution in [3.8, 4) is 5.75 Å². The molecule has 46 heavy (non-hydrogen) atoms. The van der Waals surface area contributed by atoms with Crippen molar-refractivity contribution in [3.63, 3.8) is 0 Å². The van der Waals surface area contributed by atoms with Crippen LogP contribution in [-0.4, -0.2) is 51.8 Å². The molecule has 1 fully saturated rings. The maximum atomic E-state index is 12.0. The van der Waals surface area contributed by atoms with E-state index in [0.29, 0.717) is 18.0 Å². The molecule has 8 nitrogen and oxygen atoms in total. The maximum Gasteiger partial charge on any atom is 0.248 e. The summed E-state index contributed by atoms with van der Waals surface area (Å²) >= 11 is 0. The summed E-state index contributed by atoms with van der Waals surface area (Å²) in [5.41, 5.74) is 1.13. The highest BCUT2D eigenvalue weighted by atomic mass is 16.4. The first-order valence-corrected chi connectivity index (χ1v) is 17.4. The van der Waals surface area contributed by atoms with Crippen LogP contribution in [0.1, 0.15) is 99.8 Å². The molecule has 8 heteroatoms. The molecular weight excluding hydrogens is 576 g/mol. The van der Waals surface area contributed by atoms with Crippen molar-refractivity contribution in [1.29, 1.82) is 0 Å². The standard InChI is InChI=1S/C38H52N4O4/c1-42(28-32-27-40-37(46-32)38(45,30-15-9-7-10-16-30)31-17-11-8-12-18-31)26-14-6-4-2-3-5-13-24-39-25-23-29-19-21-34(43)36-33(29)20-22-35(44)41-36/h7,9-10,15-16,19-22,27,31,39,43,45H,2-6,8,11-14,17-18,23-26,28H2,1H3,(H,41,44). The molecule has 0 amide bonds. The molecule has 5 rings (SSSR count). The number of pyridine rings is 1. The van der Waals surface area contributed by atoms with Crippen LogP contribution in [0.3, 0.4) is 0 Å². The minimum absolute atomic E-state index is 0.111. The van der Waals surface area contributed by atoms with E-state index in [2.05, 4.69) is 27.2 Å². The van der Waals surface area contributed by atoms with E-state index >= 15 is 0 Å². The lowest BCUT2D eigenvalue weighted by Crippen LogP contribution is -2.38. The van der Waals surface area contributed by atoms with Crippen molar-refractivity contribution < 1.29 is 14.6 Å². The lowest BCUT2D eigenvalue weighted by Gasteiger charge is -2.36. The molecule has 1 unspecified atom stereocenters. The fourth-order valence-electron chi connectivity index (χ4n) is 7.03. The quantitative estimate of drug-likeness (QED) is 0.0875. The predicted octanol–water partition coefficient (Wildman–Crippen LogP) is 7.03. The van der Waals surface area contributed by atoms with E-state index in [4.69, 9.17) is 4.42 Å². The zero-order valence-electron chi connectivity index (χ0n) is 27.5. The second kappa shape index (κ2) is 16.9. The highest BCUT2D eigenvalue weighted by Gasteiger charge is 2.44. The SMILES string of the molecule is CN(CCCCCCCCCNCCc1ccc(O)c2[nH]c(=O)ccc12)Cc1cnc(C(O)(c2ccccc2)C2CCCCC2)o1. The lowest BCUT2D eigenvalue weighted by atomic mass is 9.73. The molecule has 1 saturated carbocycles. The number of phenolic OH excluding ortho intramolecular Hbond substituents is 1. The molecule has 2 aromatic carbocycles. The van der Waals surface area contributed by atoms with Crippen LogP contribution in [0.5, 0.6) is 5.75 Å². The van der Waals surface area contributed by atoms with Gasteiger partial charge in [-0.3, -0.25) is 9.69 Å². The third-order valence-electron chi connectivity index (χ3n) is 9.64. The van der Waals surface area contributed by atoms with Crippen LogP contribution in [0, 0.1) is 5.92 Å². The first-order valence-electron chi connectivity index (χ1n) is 17.4. The lowest BCUT2D eigenvalue weighted by molar-refractivity contribution is -0.0242. The van der Waals surface area contributed by atoms with Crippen molar-refractivity contribution in [2.45, 2.75) is 95.6 Å². The van der Waals surface area contributed by atoms with E-state index in [0.717, 1.165) is 80.4 Å². The molecule has 248 valence electrons. The van der Waals surface area contributed by atoms with Gasteiger partial charge in [-0.05, 0) is 82.0 Å². The number of aliphatic hydroxyl groups is 1. The van der Waals surface area contributed by atoms with Gasteiger partial charge in [0.05, 0.1) is 18.3 Å². The number of H-pyrrole nitrogens is 1. The van der Waals surface area contributed by atoms with E-state index in [9.17, 15) is 15.0 Å². The summed E-state index contributed by atoms with van der Waals surface area (Å²) in [5, 5.41) is 26.5. The number of nitrogens with zero attached hydrogens (tertiary/aromatic N) is 2. The molecule has 0 radical (unpaired) electrons. The van der Waals surface area contributed by atoms with Gasteiger partial charge < -0.3 is 24.9 Å². The number of aromatic nitrogens is 2. The molecule has 4 aromatic rings. The summed E-state index contributed by atoms with van der Waals surface area (Å²) in [7, 11) is 2.13. The zero-order valence-corrected chi connectivity index (χ0v) is 27.5. The molecule has 1 atom stereocenters. The van der Waals surface area contributed by atoms with E-state index < -0.39 is 5.60 Å².